The number of thioether (sulfide) groups is 1. The fourth-order valence-corrected chi connectivity index (χ4v) is 5.21. The quantitative estimate of drug-likeness (QED) is 0.687. The van der Waals surface area contributed by atoms with Crippen LogP contribution in [0.25, 0.3) is 0 Å². The molecule has 2 atom stereocenters. The number of amidine groups is 1. The molecule has 156 valence electrons. The zero-order valence-corrected chi connectivity index (χ0v) is 18.6. The number of imide groups is 1. The molecule has 1 N–H and O–H groups in total. The van der Waals surface area contributed by atoms with E-state index < -0.39 is 18.2 Å². The number of ether oxygens (including phenoxy) is 1. The Morgan fingerprint density at radius 2 is 2.10 bits per heavy atom. The molecule has 3 amide bonds. The molecule has 2 fully saturated rings. The van der Waals surface area contributed by atoms with Crippen LogP contribution in [0, 0.1) is 0 Å². The minimum atomic E-state index is -0.512. The number of aliphatic imine (C=N–C) groups is 1. The highest BCUT2D eigenvalue weighted by Crippen LogP contribution is 2.30. The van der Waals surface area contributed by atoms with Crippen LogP contribution in [0.4, 0.5) is 4.79 Å². The van der Waals surface area contributed by atoms with Gasteiger partial charge in [0.2, 0.25) is 0 Å². The van der Waals surface area contributed by atoms with Gasteiger partial charge in [0, 0.05) is 43.5 Å². The van der Waals surface area contributed by atoms with Crippen molar-refractivity contribution < 1.29 is 14.3 Å². The Labute approximate surface area is 182 Å². The van der Waals surface area contributed by atoms with Crippen LogP contribution in [0.15, 0.2) is 33.7 Å². The number of rotatable bonds is 5. The molecule has 0 bridgehead atoms. The normalized spacial score (nSPS) is 25.1. The molecule has 1 aromatic rings. The second kappa shape index (κ2) is 9.03. The van der Waals surface area contributed by atoms with E-state index in [1.165, 1.54) is 4.90 Å². The summed E-state index contributed by atoms with van der Waals surface area (Å²) in [7, 11) is 1.68. The van der Waals surface area contributed by atoms with Crippen molar-refractivity contribution in [1.82, 2.24) is 20.0 Å². The maximum Gasteiger partial charge on any atom is 0.325 e. The number of carbonyl (C=O) groups is 2. The molecule has 1 aromatic carbocycles. The number of nitrogens with one attached hydrogen (secondary N) is 1. The van der Waals surface area contributed by atoms with Gasteiger partial charge in [0.25, 0.3) is 5.91 Å². The topological polar surface area (TPSA) is 77.5 Å². The Morgan fingerprint density at radius 1 is 1.31 bits per heavy atom. The molecular formula is C19H24BrN5O3S. The summed E-state index contributed by atoms with van der Waals surface area (Å²) in [6.45, 7) is 4.93. The van der Waals surface area contributed by atoms with Crippen molar-refractivity contribution in [3.63, 3.8) is 0 Å². The van der Waals surface area contributed by atoms with E-state index in [-0.39, 0.29) is 5.91 Å². The summed E-state index contributed by atoms with van der Waals surface area (Å²) in [5.74, 6) is 0.577. The minimum absolute atomic E-state index is 0.291. The number of carbonyl (C=O) groups excluding carboxylic acids is 2. The largest absolute Gasteiger partial charge is 0.379 e. The molecule has 10 heteroatoms. The van der Waals surface area contributed by atoms with Crippen LogP contribution in [0.1, 0.15) is 5.56 Å². The van der Waals surface area contributed by atoms with Gasteiger partial charge in [0.15, 0.2) is 17.4 Å². The minimum Gasteiger partial charge on any atom is -0.379 e. The number of benzene rings is 1. The standard InChI is InChI=1S/C19H24BrN5O3S/c1-23-16-15(17(26)22-18(23)27)25(12-13-3-2-4-14(20)11-13)19(21-16)29-10-7-24-5-8-28-9-6-24/h2-4,11,15-16H,5-10,12H2,1H3,(H,22,26,27). The highest BCUT2D eigenvalue weighted by atomic mass is 79.9. The first-order valence-electron chi connectivity index (χ1n) is 9.62. The maximum atomic E-state index is 12.7. The molecule has 0 aliphatic carbocycles. The van der Waals surface area contributed by atoms with Crippen LogP contribution in [-0.4, -0.2) is 89.7 Å². The second-order valence-electron chi connectivity index (χ2n) is 7.24. The molecule has 4 rings (SSSR count). The average Bonchev–Trinajstić information content (AvgIpc) is 3.06. The summed E-state index contributed by atoms with van der Waals surface area (Å²) in [6.07, 6.45) is -0.491. The van der Waals surface area contributed by atoms with E-state index in [0.717, 1.165) is 53.8 Å². The van der Waals surface area contributed by atoms with E-state index >= 15 is 0 Å². The molecule has 0 saturated carbocycles. The van der Waals surface area contributed by atoms with Crippen LogP contribution in [-0.2, 0) is 16.1 Å². The summed E-state index contributed by atoms with van der Waals surface area (Å²) in [6, 6.07) is 7.11. The summed E-state index contributed by atoms with van der Waals surface area (Å²) in [5.41, 5.74) is 1.08. The molecule has 8 nitrogen and oxygen atoms in total. The number of likely N-dealkylation sites (N-methyl/N-ethyl adjacent to an activating group) is 1. The van der Waals surface area contributed by atoms with Gasteiger partial charge in [-0.15, -0.1) is 0 Å². The van der Waals surface area contributed by atoms with Crippen LogP contribution in [0.5, 0.6) is 0 Å². The van der Waals surface area contributed by atoms with E-state index in [2.05, 4.69) is 26.1 Å². The Hall–Kier alpha value is -1.62. The maximum absolute atomic E-state index is 12.7. The predicted molar refractivity (Wildman–Crippen MR) is 116 cm³/mol. The van der Waals surface area contributed by atoms with Gasteiger partial charge in [-0.3, -0.25) is 15.0 Å². The molecule has 2 unspecified atom stereocenters. The Bertz CT molecular complexity index is 817. The van der Waals surface area contributed by atoms with Crippen LogP contribution in [0.2, 0.25) is 0 Å². The van der Waals surface area contributed by atoms with E-state index in [1.807, 2.05) is 29.2 Å². The van der Waals surface area contributed by atoms with Gasteiger partial charge >= 0.3 is 6.03 Å². The van der Waals surface area contributed by atoms with Gasteiger partial charge in [-0.05, 0) is 17.7 Å². The first-order valence-corrected chi connectivity index (χ1v) is 11.4. The molecule has 3 aliphatic heterocycles. The predicted octanol–water partition coefficient (Wildman–Crippen LogP) is 1.56. The lowest BCUT2D eigenvalue weighted by atomic mass is 10.1. The monoisotopic (exact) mass is 481 g/mol. The zero-order chi connectivity index (χ0) is 20.4. The van der Waals surface area contributed by atoms with Crippen molar-refractivity contribution in [1.29, 1.82) is 0 Å². The summed E-state index contributed by atoms with van der Waals surface area (Å²) < 4.78 is 6.39. The molecule has 29 heavy (non-hydrogen) atoms. The zero-order valence-electron chi connectivity index (χ0n) is 16.2. The first kappa shape index (κ1) is 20.6. The number of urea groups is 1. The third-order valence-electron chi connectivity index (χ3n) is 5.31. The number of hydrogen-bond acceptors (Lipinski definition) is 7. The van der Waals surface area contributed by atoms with Crippen molar-refractivity contribution in [2.24, 2.45) is 4.99 Å². The van der Waals surface area contributed by atoms with Crippen LogP contribution >= 0.6 is 27.7 Å². The third-order valence-corrected chi connectivity index (χ3v) is 6.78. The molecule has 3 aliphatic rings. The number of amides is 3. The van der Waals surface area contributed by atoms with E-state index in [9.17, 15) is 9.59 Å². The number of nitrogens with zero attached hydrogens (tertiary/aromatic N) is 4. The smallest absolute Gasteiger partial charge is 0.325 e. The Balaban J connectivity index is 1.50. The van der Waals surface area contributed by atoms with Crippen molar-refractivity contribution in [2.45, 2.75) is 18.8 Å². The second-order valence-corrected chi connectivity index (χ2v) is 9.21. The SMILES string of the molecule is CN1C(=O)NC(=O)C2C1N=C(SCCN1CCOCC1)N2Cc1cccc(Br)c1. The summed E-state index contributed by atoms with van der Waals surface area (Å²) in [5, 5.41) is 3.26. The number of morpholine rings is 1. The van der Waals surface area contributed by atoms with Gasteiger partial charge < -0.3 is 14.5 Å². The van der Waals surface area contributed by atoms with Gasteiger partial charge in [-0.2, -0.15) is 0 Å². The summed E-state index contributed by atoms with van der Waals surface area (Å²) in [4.78, 5) is 35.4. The van der Waals surface area contributed by atoms with Crippen molar-refractivity contribution in [2.75, 3.05) is 45.6 Å². The van der Waals surface area contributed by atoms with Gasteiger partial charge in [-0.25, -0.2) is 9.79 Å². The third kappa shape index (κ3) is 4.60. The number of halogens is 1. The molecule has 3 heterocycles. The summed E-state index contributed by atoms with van der Waals surface area (Å²) >= 11 is 5.15. The van der Waals surface area contributed by atoms with Crippen molar-refractivity contribution >= 4 is 44.8 Å². The molecule has 0 radical (unpaired) electrons. The number of hydrogen-bond donors (Lipinski definition) is 1. The van der Waals surface area contributed by atoms with Crippen LogP contribution in [0.3, 0.4) is 0 Å². The molecular weight excluding hydrogens is 458 g/mol. The number of fused-ring (bicyclic) bond motifs is 1. The van der Waals surface area contributed by atoms with E-state index in [4.69, 9.17) is 9.73 Å². The van der Waals surface area contributed by atoms with Crippen LogP contribution < -0.4 is 5.32 Å². The lowest BCUT2D eigenvalue weighted by Crippen LogP contribution is -2.63. The lowest BCUT2D eigenvalue weighted by molar-refractivity contribution is -0.127. The van der Waals surface area contributed by atoms with Crippen molar-refractivity contribution in [3.05, 3.63) is 34.3 Å². The van der Waals surface area contributed by atoms with Gasteiger partial charge in [0.05, 0.1) is 13.2 Å². The Kier molecular flexibility index (Phi) is 6.43. The van der Waals surface area contributed by atoms with E-state index in [1.54, 1.807) is 18.8 Å². The molecule has 0 spiro atoms. The highest BCUT2D eigenvalue weighted by molar-refractivity contribution is 9.10. The lowest BCUT2D eigenvalue weighted by Gasteiger charge is -2.36. The molecule has 0 aromatic heterocycles. The average molecular weight is 482 g/mol. The highest BCUT2D eigenvalue weighted by Gasteiger charge is 2.48. The van der Waals surface area contributed by atoms with Gasteiger partial charge in [0.1, 0.15) is 0 Å². The Morgan fingerprint density at radius 3 is 2.86 bits per heavy atom. The van der Waals surface area contributed by atoms with Crippen molar-refractivity contribution in [3.8, 4) is 0 Å². The van der Waals surface area contributed by atoms with Gasteiger partial charge in [-0.1, -0.05) is 39.8 Å². The molecule has 2 saturated heterocycles. The fraction of sp³-hybridized carbons (Fsp3) is 0.526. The van der Waals surface area contributed by atoms with E-state index in [0.29, 0.717) is 6.54 Å². The fourth-order valence-electron chi connectivity index (χ4n) is 3.71. The first-order chi connectivity index (χ1) is 14.0.